The summed E-state index contributed by atoms with van der Waals surface area (Å²) < 4.78 is 63.9. The van der Waals surface area contributed by atoms with Crippen molar-refractivity contribution in [3.05, 3.63) is 87.3 Å². The Hall–Kier alpha value is -4.25. The predicted molar refractivity (Wildman–Crippen MR) is 226 cm³/mol. The molecule has 3 aliphatic heterocycles. The smallest absolute Gasteiger partial charge is 0.293 e. The fraction of sp³-hybridized carbons (Fsp3) is 0.591. The summed E-state index contributed by atoms with van der Waals surface area (Å²) in [6.07, 6.45) is 6.98. The molecule has 2 atom stereocenters. The van der Waals surface area contributed by atoms with Crippen molar-refractivity contribution in [2.45, 2.75) is 105 Å². The minimum Gasteiger partial charge on any atom is -0.375 e. The third kappa shape index (κ3) is 8.12. The van der Waals surface area contributed by atoms with Gasteiger partial charge in [0.15, 0.2) is 4.87 Å². The van der Waals surface area contributed by atoms with Crippen molar-refractivity contribution in [2.24, 2.45) is 11.1 Å². The number of piperidine rings is 2. The van der Waals surface area contributed by atoms with Gasteiger partial charge in [-0.3, -0.25) is 29.5 Å². The maximum Gasteiger partial charge on any atom is 0.293 e. The lowest BCUT2D eigenvalue weighted by Gasteiger charge is -2.57. The van der Waals surface area contributed by atoms with Crippen LogP contribution in [0.25, 0.3) is 0 Å². The number of nitro groups is 1. The number of likely N-dealkylation sites (N-methyl/N-ethyl adjacent to an activating group) is 1. The van der Waals surface area contributed by atoms with Gasteiger partial charge in [0.05, 0.1) is 16.4 Å². The molecule has 3 heterocycles. The zero-order chi connectivity index (χ0) is 43.2. The maximum absolute atomic E-state index is 17.0. The zero-order valence-corrected chi connectivity index (χ0v) is 36.0. The SMILES string of the molecule is CC(C)c1ccccc1C1CCCN1C1CC2(CCN(C3(S(=O)(=O)c4cccc([N+](=O)[O-])c4NCC4(F)CCN(C(=O)CN(C)C)CC4)CC=C(C(N)=O)C=C3F)CC2)C1. The van der Waals surface area contributed by atoms with Crippen molar-refractivity contribution in [3.8, 4) is 0 Å². The van der Waals surface area contributed by atoms with Crippen LogP contribution in [0, 0.1) is 15.5 Å². The second kappa shape index (κ2) is 16.9. The van der Waals surface area contributed by atoms with Gasteiger partial charge in [-0.1, -0.05) is 50.3 Å². The molecule has 13 nitrogen and oxygen atoms in total. The fourth-order valence-electron chi connectivity index (χ4n) is 10.5. The first kappa shape index (κ1) is 43.8. The number of para-hydroxylation sites is 1. The number of nitro benzene ring substituents is 1. The van der Waals surface area contributed by atoms with E-state index < -0.39 is 66.3 Å². The van der Waals surface area contributed by atoms with Gasteiger partial charge in [0.1, 0.15) is 17.2 Å². The number of nitrogens with zero attached hydrogens (tertiary/aromatic N) is 5. The first-order valence-corrected chi connectivity index (χ1v) is 22.7. The fourth-order valence-corrected chi connectivity index (χ4v) is 12.8. The summed E-state index contributed by atoms with van der Waals surface area (Å²) in [6.45, 7) is 5.90. The van der Waals surface area contributed by atoms with Gasteiger partial charge in [0.2, 0.25) is 21.7 Å². The van der Waals surface area contributed by atoms with E-state index in [1.165, 1.54) is 29.3 Å². The Labute approximate surface area is 352 Å². The van der Waals surface area contributed by atoms with E-state index in [0.717, 1.165) is 44.4 Å². The molecule has 2 aromatic carbocycles. The Morgan fingerprint density at radius 1 is 1.02 bits per heavy atom. The molecule has 16 heteroatoms. The van der Waals surface area contributed by atoms with Gasteiger partial charge in [-0.25, -0.2) is 17.2 Å². The number of likely N-dealkylation sites (tertiary alicyclic amines) is 3. The average molecular weight is 852 g/mol. The number of hydrogen-bond acceptors (Lipinski definition) is 10. The number of rotatable bonds is 13. The lowest BCUT2D eigenvalue weighted by molar-refractivity contribution is -0.384. The van der Waals surface area contributed by atoms with Gasteiger partial charge < -0.3 is 20.9 Å². The molecule has 0 radical (unpaired) electrons. The second-order valence-electron chi connectivity index (χ2n) is 18.3. The van der Waals surface area contributed by atoms with E-state index in [9.17, 15) is 19.7 Å². The molecular weight excluding hydrogens is 793 g/mol. The van der Waals surface area contributed by atoms with Crippen LogP contribution in [0.1, 0.15) is 94.7 Å². The van der Waals surface area contributed by atoms with Crippen molar-refractivity contribution in [3.63, 3.8) is 0 Å². The zero-order valence-electron chi connectivity index (χ0n) is 35.2. The molecule has 326 valence electrons. The van der Waals surface area contributed by atoms with Crippen molar-refractivity contribution < 1.29 is 31.7 Å². The van der Waals surface area contributed by atoms with Crippen LogP contribution in [-0.4, -0.2) is 121 Å². The number of carbonyl (C=O) groups is 2. The summed E-state index contributed by atoms with van der Waals surface area (Å²) in [7, 11) is -1.36. The Kier molecular flexibility index (Phi) is 12.3. The molecule has 7 rings (SSSR count). The third-order valence-corrected chi connectivity index (χ3v) is 16.4. The van der Waals surface area contributed by atoms with Gasteiger partial charge in [0, 0.05) is 75.7 Å². The number of amides is 2. The van der Waals surface area contributed by atoms with Crippen LogP contribution in [0.5, 0.6) is 0 Å². The molecule has 2 aromatic rings. The standard InChI is InChI=1S/C44H59F2N7O6S/c1-30(2)33-9-5-6-10-34(33)35-12-8-20-52(35)32-26-42(27-32)16-23-51(24-17-42)44(15-14-31(41(47)55)25-38(44)45)60(58,59)37-13-7-11-36(53(56)57)40(37)48-29-43(46)18-21-50(22-19-43)39(54)28-49(3)4/h5-7,9-11,13-14,25,30,32,35,48H,8,12,15-24,26-29H2,1-4H3,(H2,47,55). The lowest BCUT2D eigenvalue weighted by Crippen LogP contribution is -2.62. The summed E-state index contributed by atoms with van der Waals surface area (Å²) in [6, 6.07) is 13.0. The van der Waals surface area contributed by atoms with Crippen LogP contribution in [0.15, 0.2) is 70.9 Å². The summed E-state index contributed by atoms with van der Waals surface area (Å²) in [4.78, 5) is 41.2. The van der Waals surface area contributed by atoms with Crippen LogP contribution in [0.3, 0.4) is 0 Å². The maximum atomic E-state index is 17.0. The summed E-state index contributed by atoms with van der Waals surface area (Å²) in [5.41, 5.74) is 5.14. The Morgan fingerprint density at radius 3 is 2.32 bits per heavy atom. The first-order chi connectivity index (χ1) is 28.4. The highest BCUT2D eigenvalue weighted by molar-refractivity contribution is 7.93. The largest absolute Gasteiger partial charge is 0.375 e. The minimum absolute atomic E-state index is 0.0414. The molecule has 5 aliphatic rings. The number of carbonyl (C=O) groups excluding carboxylic acids is 2. The summed E-state index contributed by atoms with van der Waals surface area (Å²) in [5.74, 6) is -1.74. The molecule has 2 amide bonds. The number of sulfone groups is 1. The number of benzene rings is 2. The van der Waals surface area contributed by atoms with E-state index >= 15 is 17.2 Å². The number of nitrogens with one attached hydrogen (secondary N) is 1. The highest BCUT2D eigenvalue weighted by atomic mass is 32.2. The Balaban J connectivity index is 1.13. The van der Waals surface area contributed by atoms with E-state index in [1.807, 2.05) is 0 Å². The molecule has 2 aliphatic carbocycles. The van der Waals surface area contributed by atoms with Crippen LogP contribution in [-0.2, 0) is 19.4 Å². The van der Waals surface area contributed by atoms with E-state index in [0.29, 0.717) is 30.8 Å². The highest BCUT2D eigenvalue weighted by Crippen LogP contribution is 2.56. The van der Waals surface area contributed by atoms with Gasteiger partial charge >= 0.3 is 0 Å². The number of nitrogens with two attached hydrogens (primary N) is 1. The third-order valence-electron chi connectivity index (χ3n) is 13.9. The van der Waals surface area contributed by atoms with Gasteiger partial charge in [-0.2, -0.15) is 0 Å². The molecule has 2 unspecified atom stereocenters. The Bertz CT molecular complexity index is 2160. The molecule has 0 aromatic heterocycles. The average Bonchev–Trinajstić information content (AvgIpc) is 3.68. The molecule has 3 saturated heterocycles. The quantitative estimate of drug-likeness (QED) is 0.174. The minimum atomic E-state index is -4.88. The van der Waals surface area contributed by atoms with Crippen molar-refractivity contribution >= 4 is 33.0 Å². The van der Waals surface area contributed by atoms with Gasteiger partial charge in [-0.15, -0.1) is 0 Å². The molecule has 1 saturated carbocycles. The molecular formula is C44H59F2N7O6S. The van der Waals surface area contributed by atoms with Crippen LogP contribution in [0.2, 0.25) is 0 Å². The van der Waals surface area contributed by atoms with E-state index in [2.05, 4.69) is 48.3 Å². The number of alkyl halides is 1. The predicted octanol–water partition coefficient (Wildman–Crippen LogP) is 6.24. The molecule has 0 bridgehead atoms. The second-order valence-corrected chi connectivity index (χ2v) is 20.4. The lowest BCUT2D eigenvalue weighted by atomic mass is 9.59. The van der Waals surface area contributed by atoms with Crippen LogP contribution in [0.4, 0.5) is 20.2 Å². The summed E-state index contributed by atoms with van der Waals surface area (Å²) in [5, 5.41) is 15.2. The normalized spacial score (nSPS) is 24.9. The monoisotopic (exact) mass is 851 g/mol. The molecule has 1 spiro atoms. The topological polar surface area (TPSA) is 162 Å². The van der Waals surface area contributed by atoms with Gasteiger partial charge in [-0.05, 0) is 93.8 Å². The molecule has 4 fully saturated rings. The number of hydrogen-bond donors (Lipinski definition) is 2. The van der Waals surface area contributed by atoms with E-state index in [1.54, 1.807) is 28.8 Å². The van der Waals surface area contributed by atoms with Crippen molar-refractivity contribution in [1.82, 2.24) is 19.6 Å². The number of primary amides is 1. The van der Waals surface area contributed by atoms with Crippen LogP contribution < -0.4 is 11.1 Å². The van der Waals surface area contributed by atoms with E-state index in [4.69, 9.17) is 5.73 Å². The first-order valence-electron chi connectivity index (χ1n) is 21.2. The van der Waals surface area contributed by atoms with Crippen molar-refractivity contribution in [2.75, 3.05) is 65.2 Å². The van der Waals surface area contributed by atoms with Gasteiger partial charge in [0.25, 0.3) is 5.69 Å². The summed E-state index contributed by atoms with van der Waals surface area (Å²) >= 11 is 0. The number of halogens is 2. The van der Waals surface area contributed by atoms with Crippen molar-refractivity contribution in [1.29, 1.82) is 0 Å². The Morgan fingerprint density at radius 2 is 1.70 bits per heavy atom. The molecule has 60 heavy (non-hydrogen) atoms. The molecule has 3 N–H and O–H groups in total. The van der Waals surface area contributed by atoms with Crippen LogP contribution >= 0.6 is 0 Å². The highest BCUT2D eigenvalue weighted by Gasteiger charge is 2.59. The van der Waals surface area contributed by atoms with E-state index in [-0.39, 0.29) is 62.5 Å². The number of anilines is 1.